The number of rotatable bonds is 4. The van der Waals surface area contributed by atoms with Gasteiger partial charge in [0, 0.05) is 17.8 Å². The fourth-order valence-electron chi connectivity index (χ4n) is 2.11. The Morgan fingerprint density at radius 2 is 2.05 bits per heavy atom. The van der Waals surface area contributed by atoms with Gasteiger partial charge in [0.15, 0.2) is 0 Å². The molecule has 0 spiro atoms. The van der Waals surface area contributed by atoms with Gasteiger partial charge >= 0.3 is 0 Å². The van der Waals surface area contributed by atoms with Crippen LogP contribution in [0.4, 0.5) is 5.69 Å². The molecule has 0 unspecified atom stereocenters. The number of amides is 1. The molecule has 0 aliphatic carbocycles. The Morgan fingerprint density at radius 3 is 2.81 bits per heavy atom. The van der Waals surface area contributed by atoms with Gasteiger partial charge in [0.25, 0.3) is 5.91 Å². The molecule has 4 nitrogen and oxygen atoms in total. The summed E-state index contributed by atoms with van der Waals surface area (Å²) < 4.78 is 4.87. The molecule has 1 aromatic heterocycles. The molecule has 3 aromatic rings. The lowest BCUT2D eigenvalue weighted by Crippen LogP contribution is -2.30. The molecule has 0 saturated heterocycles. The summed E-state index contributed by atoms with van der Waals surface area (Å²) in [7, 11) is 0. The van der Waals surface area contributed by atoms with E-state index in [0.717, 1.165) is 15.9 Å². The Morgan fingerprint density at radius 1 is 1.24 bits per heavy atom. The zero-order valence-corrected chi connectivity index (χ0v) is 12.1. The molecule has 1 heterocycles. The van der Waals surface area contributed by atoms with Crippen molar-refractivity contribution in [2.24, 2.45) is 0 Å². The van der Waals surface area contributed by atoms with Gasteiger partial charge in [-0.05, 0) is 41.9 Å². The van der Waals surface area contributed by atoms with Gasteiger partial charge in [-0.3, -0.25) is 4.79 Å². The van der Waals surface area contributed by atoms with Crippen molar-refractivity contribution in [3.8, 4) is 0 Å². The zero-order valence-electron chi connectivity index (χ0n) is 11.3. The topological polar surface area (TPSA) is 46.1 Å². The number of aromatic nitrogens is 2. The summed E-state index contributed by atoms with van der Waals surface area (Å²) in [5, 5.41) is 4.02. The standard InChI is InChI=1S/C16H13N3OS/c1-2-10-19(13-6-4-3-5-7-13)16(20)12-8-9-15-14(11-12)17-18-21-15/h2-9,11H,1,10H2. The quantitative estimate of drug-likeness (QED) is 0.692. The van der Waals surface area contributed by atoms with Crippen LogP contribution in [0.15, 0.2) is 61.2 Å². The average molecular weight is 295 g/mol. The molecule has 2 aromatic carbocycles. The number of benzene rings is 2. The van der Waals surface area contributed by atoms with Crippen LogP contribution in [-0.2, 0) is 0 Å². The van der Waals surface area contributed by atoms with Gasteiger partial charge in [0.2, 0.25) is 0 Å². The van der Waals surface area contributed by atoms with Crippen LogP contribution in [0, 0.1) is 0 Å². The molecule has 5 heteroatoms. The van der Waals surface area contributed by atoms with E-state index < -0.39 is 0 Å². The van der Waals surface area contributed by atoms with E-state index >= 15 is 0 Å². The maximum Gasteiger partial charge on any atom is 0.258 e. The molecule has 0 N–H and O–H groups in total. The maximum atomic E-state index is 12.7. The number of anilines is 1. The third kappa shape index (κ3) is 2.68. The Balaban J connectivity index is 1.98. The highest BCUT2D eigenvalue weighted by Crippen LogP contribution is 2.21. The van der Waals surface area contributed by atoms with E-state index in [9.17, 15) is 4.79 Å². The van der Waals surface area contributed by atoms with Crippen LogP contribution < -0.4 is 4.90 Å². The fraction of sp³-hybridized carbons (Fsp3) is 0.0625. The normalized spacial score (nSPS) is 10.5. The zero-order chi connectivity index (χ0) is 14.7. The second kappa shape index (κ2) is 5.85. The van der Waals surface area contributed by atoms with Gasteiger partial charge in [0.05, 0.1) is 4.70 Å². The van der Waals surface area contributed by atoms with Gasteiger partial charge in [-0.15, -0.1) is 11.7 Å². The Hall–Kier alpha value is -2.53. The maximum absolute atomic E-state index is 12.7. The first-order valence-electron chi connectivity index (χ1n) is 6.49. The molecule has 0 fully saturated rings. The van der Waals surface area contributed by atoms with Gasteiger partial charge in [-0.1, -0.05) is 28.8 Å². The molecular formula is C16H13N3OS. The van der Waals surface area contributed by atoms with Crippen molar-refractivity contribution in [1.29, 1.82) is 0 Å². The minimum Gasteiger partial charge on any atom is -0.305 e. The summed E-state index contributed by atoms with van der Waals surface area (Å²) >= 11 is 1.32. The second-order valence-corrected chi connectivity index (χ2v) is 5.28. The minimum atomic E-state index is -0.0731. The van der Waals surface area contributed by atoms with E-state index in [2.05, 4.69) is 16.2 Å². The van der Waals surface area contributed by atoms with Crippen LogP contribution in [0.5, 0.6) is 0 Å². The molecule has 0 saturated carbocycles. The third-order valence-electron chi connectivity index (χ3n) is 3.12. The van der Waals surface area contributed by atoms with Crippen molar-refractivity contribution in [2.75, 3.05) is 11.4 Å². The van der Waals surface area contributed by atoms with Crippen LogP contribution in [-0.4, -0.2) is 22.0 Å². The predicted octanol–water partition coefficient (Wildman–Crippen LogP) is 3.52. The smallest absolute Gasteiger partial charge is 0.258 e. The Kier molecular flexibility index (Phi) is 3.75. The lowest BCUT2D eigenvalue weighted by atomic mass is 10.1. The van der Waals surface area contributed by atoms with Crippen molar-refractivity contribution >= 4 is 33.3 Å². The van der Waals surface area contributed by atoms with Gasteiger partial charge in [-0.2, -0.15) is 0 Å². The summed E-state index contributed by atoms with van der Waals surface area (Å²) in [6.45, 7) is 4.18. The summed E-state index contributed by atoms with van der Waals surface area (Å²) in [5.41, 5.74) is 2.19. The summed E-state index contributed by atoms with van der Waals surface area (Å²) in [5.74, 6) is -0.0731. The molecule has 3 rings (SSSR count). The Labute approximate surface area is 126 Å². The van der Waals surface area contributed by atoms with Crippen molar-refractivity contribution < 1.29 is 4.79 Å². The molecule has 0 bridgehead atoms. The average Bonchev–Trinajstić information content (AvgIpc) is 3.00. The van der Waals surface area contributed by atoms with Gasteiger partial charge in [0.1, 0.15) is 5.52 Å². The summed E-state index contributed by atoms with van der Waals surface area (Å²) in [6, 6.07) is 15.0. The fourth-order valence-corrected chi connectivity index (χ4v) is 2.65. The van der Waals surface area contributed by atoms with Gasteiger partial charge in [-0.25, -0.2) is 0 Å². The van der Waals surface area contributed by atoms with Crippen molar-refractivity contribution in [2.45, 2.75) is 0 Å². The molecule has 0 radical (unpaired) electrons. The van der Waals surface area contributed by atoms with E-state index in [-0.39, 0.29) is 5.91 Å². The summed E-state index contributed by atoms with van der Waals surface area (Å²) in [6.07, 6.45) is 1.72. The SMILES string of the molecule is C=CCN(C(=O)c1ccc2snnc2c1)c1ccccc1. The highest BCUT2D eigenvalue weighted by atomic mass is 32.1. The van der Waals surface area contributed by atoms with Crippen LogP contribution in [0.25, 0.3) is 10.2 Å². The molecular weight excluding hydrogens is 282 g/mol. The molecule has 0 aliphatic rings. The van der Waals surface area contributed by atoms with E-state index in [4.69, 9.17) is 0 Å². The second-order valence-electron chi connectivity index (χ2n) is 4.50. The molecule has 1 amide bonds. The first-order valence-corrected chi connectivity index (χ1v) is 7.27. The monoisotopic (exact) mass is 295 g/mol. The van der Waals surface area contributed by atoms with Crippen molar-refractivity contribution in [1.82, 2.24) is 9.59 Å². The number of hydrogen-bond acceptors (Lipinski definition) is 4. The molecule has 0 aliphatic heterocycles. The number of carbonyl (C=O) groups excluding carboxylic acids is 1. The van der Waals surface area contributed by atoms with Crippen molar-refractivity contribution in [3.63, 3.8) is 0 Å². The van der Waals surface area contributed by atoms with E-state index in [0.29, 0.717) is 12.1 Å². The molecule has 0 atom stereocenters. The van der Waals surface area contributed by atoms with Crippen LogP contribution >= 0.6 is 11.5 Å². The minimum absolute atomic E-state index is 0.0731. The van der Waals surface area contributed by atoms with Crippen molar-refractivity contribution in [3.05, 3.63) is 66.7 Å². The van der Waals surface area contributed by atoms with Crippen LogP contribution in [0.2, 0.25) is 0 Å². The number of hydrogen-bond donors (Lipinski definition) is 0. The largest absolute Gasteiger partial charge is 0.305 e. The molecule has 104 valence electrons. The highest BCUT2D eigenvalue weighted by Gasteiger charge is 2.17. The number of carbonyl (C=O) groups is 1. The van der Waals surface area contributed by atoms with E-state index in [1.54, 1.807) is 17.0 Å². The lowest BCUT2D eigenvalue weighted by Gasteiger charge is -2.21. The third-order valence-corrected chi connectivity index (χ3v) is 3.82. The van der Waals surface area contributed by atoms with E-state index in [1.807, 2.05) is 42.5 Å². The summed E-state index contributed by atoms with van der Waals surface area (Å²) in [4.78, 5) is 14.4. The number of para-hydroxylation sites is 1. The predicted molar refractivity (Wildman–Crippen MR) is 85.7 cm³/mol. The lowest BCUT2D eigenvalue weighted by molar-refractivity contribution is 0.0990. The van der Waals surface area contributed by atoms with Crippen LogP contribution in [0.1, 0.15) is 10.4 Å². The van der Waals surface area contributed by atoms with Crippen LogP contribution in [0.3, 0.4) is 0 Å². The number of nitrogens with zero attached hydrogens (tertiary/aromatic N) is 3. The number of fused-ring (bicyclic) bond motifs is 1. The Bertz CT molecular complexity index is 782. The highest BCUT2D eigenvalue weighted by molar-refractivity contribution is 7.12. The first-order chi connectivity index (χ1) is 10.3. The van der Waals surface area contributed by atoms with E-state index in [1.165, 1.54) is 11.5 Å². The molecule has 21 heavy (non-hydrogen) atoms. The first kappa shape index (κ1) is 13.5. The van der Waals surface area contributed by atoms with Gasteiger partial charge < -0.3 is 4.90 Å².